The molecule has 2 aliphatic rings. The Kier molecular flexibility index (Phi) is 7.20. The molecule has 1 unspecified atom stereocenters. The standard InChI is InChI=1S/C27H32N2O5/c1-16(2)23(26(31)32)14-28-25(30)17-11-12-18(13-17)29-27(33)34-15-24-21-9-5-3-7-19(21)20-8-4-6-10-22(20)24/h3-10,16-18,23-24H,11-15H2,1-2H3,(H,28,30)(H,29,33)(H,31,32)/t17-,18+,23?/m1/s1. The number of nitrogens with one attached hydrogen (secondary N) is 2. The van der Waals surface area contributed by atoms with Crippen molar-refractivity contribution in [3.05, 3.63) is 59.7 Å². The van der Waals surface area contributed by atoms with Gasteiger partial charge in [0.1, 0.15) is 6.61 Å². The van der Waals surface area contributed by atoms with Gasteiger partial charge in [-0.25, -0.2) is 4.79 Å². The summed E-state index contributed by atoms with van der Waals surface area (Å²) in [6.45, 7) is 4.03. The molecule has 2 aromatic carbocycles. The van der Waals surface area contributed by atoms with Crippen LogP contribution in [-0.2, 0) is 14.3 Å². The zero-order chi connectivity index (χ0) is 24.2. The first-order valence-corrected chi connectivity index (χ1v) is 12.0. The van der Waals surface area contributed by atoms with E-state index in [0.717, 1.165) is 11.1 Å². The number of carboxylic acids is 1. The van der Waals surface area contributed by atoms with Gasteiger partial charge in [0.2, 0.25) is 5.91 Å². The predicted octanol–water partition coefficient (Wildman–Crippen LogP) is 4.17. The van der Waals surface area contributed by atoms with E-state index in [2.05, 4.69) is 34.9 Å². The maximum Gasteiger partial charge on any atom is 0.407 e. The van der Waals surface area contributed by atoms with E-state index in [0.29, 0.717) is 19.3 Å². The largest absolute Gasteiger partial charge is 0.481 e. The minimum atomic E-state index is -0.906. The van der Waals surface area contributed by atoms with Crippen LogP contribution in [0.5, 0.6) is 0 Å². The normalized spacial score (nSPS) is 19.9. The van der Waals surface area contributed by atoms with Gasteiger partial charge < -0.3 is 20.5 Å². The summed E-state index contributed by atoms with van der Waals surface area (Å²) in [5.74, 6) is -1.96. The molecule has 1 fully saturated rings. The van der Waals surface area contributed by atoms with Crippen molar-refractivity contribution in [1.82, 2.24) is 10.6 Å². The Labute approximate surface area is 199 Å². The SMILES string of the molecule is CC(C)C(CNC(=O)[C@@H]1CC[C@H](NC(=O)OCC2c3ccccc3-c3ccccc32)C1)C(=O)O. The lowest BCUT2D eigenvalue weighted by Gasteiger charge is -2.19. The third-order valence-corrected chi connectivity index (χ3v) is 7.09. The second-order valence-electron chi connectivity index (χ2n) is 9.61. The molecule has 34 heavy (non-hydrogen) atoms. The summed E-state index contributed by atoms with van der Waals surface area (Å²) in [4.78, 5) is 36.4. The quantitative estimate of drug-likeness (QED) is 0.544. The third-order valence-electron chi connectivity index (χ3n) is 7.09. The van der Waals surface area contributed by atoms with Gasteiger partial charge in [-0.15, -0.1) is 0 Å². The Morgan fingerprint density at radius 1 is 1.00 bits per heavy atom. The summed E-state index contributed by atoms with van der Waals surface area (Å²) >= 11 is 0. The molecule has 2 amide bonds. The number of alkyl carbamates (subject to hydrolysis) is 1. The minimum Gasteiger partial charge on any atom is -0.481 e. The molecule has 7 heteroatoms. The summed E-state index contributed by atoms with van der Waals surface area (Å²) < 4.78 is 5.61. The van der Waals surface area contributed by atoms with Crippen molar-refractivity contribution in [2.75, 3.05) is 13.2 Å². The van der Waals surface area contributed by atoms with Gasteiger partial charge in [0.25, 0.3) is 0 Å². The first-order valence-electron chi connectivity index (χ1n) is 12.0. The molecule has 0 saturated heterocycles. The van der Waals surface area contributed by atoms with E-state index in [1.165, 1.54) is 11.1 Å². The van der Waals surface area contributed by atoms with Crippen molar-refractivity contribution in [1.29, 1.82) is 0 Å². The lowest BCUT2D eigenvalue weighted by Crippen LogP contribution is -2.39. The fraction of sp³-hybridized carbons (Fsp3) is 0.444. The Balaban J connectivity index is 1.26. The number of hydrogen-bond acceptors (Lipinski definition) is 4. The molecule has 0 aliphatic heterocycles. The molecule has 7 nitrogen and oxygen atoms in total. The second kappa shape index (κ2) is 10.3. The first-order chi connectivity index (χ1) is 16.3. The molecule has 3 N–H and O–H groups in total. The van der Waals surface area contributed by atoms with Crippen LogP contribution >= 0.6 is 0 Å². The predicted molar refractivity (Wildman–Crippen MR) is 128 cm³/mol. The number of carbonyl (C=O) groups is 3. The number of benzene rings is 2. The summed E-state index contributed by atoms with van der Waals surface area (Å²) in [7, 11) is 0. The Morgan fingerprint density at radius 2 is 1.62 bits per heavy atom. The van der Waals surface area contributed by atoms with E-state index in [1.54, 1.807) is 0 Å². The van der Waals surface area contributed by atoms with Gasteiger partial charge in [-0.3, -0.25) is 9.59 Å². The smallest absolute Gasteiger partial charge is 0.407 e. The van der Waals surface area contributed by atoms with Gasteiger partial charge in [0.15, 0.2) is 0 Å². The van der Waals surface area contributed by atoms with E-state index in [-0.39, 0.29) is 42.9 Å². The van der Waals surface area contributed by atoms with Gasteiger partial charge >= 0.3 is 12.1 Å². The van der Waals surface area contributed by atoms with E-state index in [1.807, 2.05) is 38.1 Å². The molecular formula is C27H32N2O5. The number of fused-ring (bicyclic) bond motifs is 3. The van der Waals surface area contributed by atoms with Gasteiger partial charge in [-0.05, 0) is 47.4 Å². The maximum absolute atomic E-state index is 12.5. The molecule has 2 aliphatic carbocycles. The molecular weight excluding hydrogens is 432 g/mol. The zero-order valence-corrected chi connectivity index (χ0v) is 19.6. The fourth-order valence-corrected chi connectivity index (χ4v) is 5.12. The molecule has 0 bridgehead atoms. The lowest BCUT2D eigenvalue weighted by molar-refractivity contribution is -0.143. The average molecular weight is 465 g/mol. The number of hydrogen-bond donors (Lipinski definition) is 3. The van der Waals surface area contributed by atoms with Crippen LogP contribution < -0.4 is 10.6 Å². The molecule has 0 heterocycles. The van der Waals surface area contributed by atoms with E-state index < -0.39 is 18.0 Å². The number of rotatable bonds is 8. The summed E-state index contributed by atoms with van der Waals surface area (Å²) in [6.07, 6.45) is 1.39. The Hall–Kier alpha value is -3.35. The van der Waals surface area contributed by atoms with Crippen LogP contribution in [0.3, 0.4) is 0 Å². The van der Waals surface area contributed by atoms with Crippen molar-refractivity contribution >= 4 is 18.0 Å². The topological polar surface area (TPSA) is 105 Å². The molecule has 0 radical (unpaired) electrons. The van der Waals surface area contributed by atoms with Crippen LogP contribution in [0.4, 0.5) is 4.79 Å². The van der Waals surface area contributed by atoms with Crippen molar-refractivity contribution in [2.24, 2.45) is 17.8 Å². The highest BCUT2D eigenvalue weighted by Gasteiger charge is 2.33. The van der Waals surface area contributed by atoms with E-state index in [9.17, 15) is 19.5 Å². The van der Waals surface area contributed by atoms with E-state index >= 15 is 0 Å². The molecule has 180 valence electrons. The molecule has 1 saturated carbocycles. The van der Waals surface area contributed by atoms with Crippen LogP contribution in [0.1, 0.15) is 50.2 Å². The maximum atomic E-state index is 12.5. The van der Waals surface area contributed by atoms with Gasteiger partial charge in [0.05, 0.1) is 5.92 Å². The number of amides is 2. The summed E-state index contributed by atoms with van der Waals surface area (Å²) in [5.41, 5.74) is 4.68. The van der Waals surface area contributed by atoms with Crippen molar-refractivity contribution < 1.29 is 24.2 Å². The van der Waals surface area contributed by atoms with Crippen molar-refractivity contribution in [3.63, 3.8) is 0 Å². The van der Waals surface area contributed by atoms with Gasteiger partial charge in [-0.2, -0.15) is 0 Å². The number of carboxylic acid groups (broad SMARTS) is 1. The lowest BCUT2D eigenvalue weighted by atomic mass is 9.95. The summed E-state index contributed by atoms with van der Waals surface area (Å²) in [5, 5.41) is 15.0. The highest BCUT2D eigenvalue weighted by atomic mass is 16.5. The van der Waals surface area contributed by atoms with Crippen LogP contribution in [0.25, 0.3) is 11.1 Å². The minimum absolute atomic E-state index is 0.00314. The monoisotopic (exact) mass is 464 g/mol. The zero-order valence-electron chi connectivity index (χ0n) is 19.6. The molecule has 4 rings (SSSR count). The fourth-order valence-electron chi connectivity index (χ4n) is 5.12. The number of carbonyl (C=O) groups excluding carboxylic acids is 2. The second-order valence-corrected chi connectivity index (χ2v) is 9.61. The number of aliphatic carboxylic acids is 1. The highest BCUT2D eigenvalue weighted by Crippen LogP contribution is 2.44. The highest BCUT2D eigenvalue weighted by molar-refractivity contribution is 5.81. The van der Waals surface area contributed by atoms with Gasteiger partial charge in [0, 0.05) is 24.4 Å². The van der Waals surface area contributed by atoms with Crippen molar-refractivity contribution in [3.8, 4) is 11.1 Å². The average Bonchev–Trinajstić information content (AvgIpc) is 3.40. The van der Waals surface area contributed by atoms with Gasteiger partial charge in [-0.1, -0.05) is 62.4 Å². The van der Waals surface area contributed by atoms with Crippen molar-refractivity contribution in [2.45, 2.75) is 45.1 Å². The van der Waals surface area contributed by atoms with Crippen LogP contribution in [0.2, 0.25) is 0 Å². The molecule has 3 atom stereocenters. The van der Waals surface area contributed by atoms with Crippen LogP contribution in [0, 0.1) is 17.8 Å². The van der Waals surface area contributed by atoms with E-state index in [4.69, 9.17) is 4.74 Å². The third kappa shape index (κ3) is 5.08. The van der Waals surface area contributed by atoms with Crippen LogP contribution in [-0.4, -0.2) is 42.3 Å². The molecule has 0 spiro atoms. The van der Waals surface area contributed by atoms with Crippen LogP contribution in [0.15, 0.2) is 48.5 Å². The molecule has 2 aromatic rings. The summed E-state index contributed by atoms with van der Waals surface area (Å²) in [6, 6.07) is 16.3. The number of ether oxygens (including phenoxy) is 1. The molecule has 0 aromatic heterocycles. The Bertz CT molecular complexity index is 1020. The first kappa shape index (κ1) is 23.8. The Morgan fingerprint density at radius 3 is 2.21 bits per heavy atom.